The summed E-state index contributed by atoms with van der Waals surface area (Å²) in [6, 6.07) is 10.4. The van der Waals surface area contributed by atoms with Crippen molar-refractivity contribution in [3.63, 3.8) is 0 Å². The fourth-order valence-corrected chi connectivity index (χ4v) is 3.50. The third-order valence-corrected chi connectivity index (χ3v) is 5.19. The molecule has 0 spiro atoms. The maximum Gasteiger partial charge on any atom is 0.414 e. The summed E-state index contributed by atoms with van der Waals surface area (Å²) in [6.45, 7) is 5.21. The lowest BCUT2D eigenvalue weighted by molar-refractivity contribution is -0.159. The third kappa shape index (κ3) is 7.70. The monoisotopic (exact) mass is 442 g/mol. The van der Waals surface area contributed by atoms with E-state index in [1.165, 1.54) is 18.4 Å². The maximum atomic E-state index is 9.10. The largest absolute Gasteiger partial charge is 0.496 e. The Bertz CT molecular complexity index is 924. The number of benzene rings is 1. The van der Waals surface area contributed by atoms with E-state index < -0.39 is 11.9 Å². The Labute approximate surface area is 188 Å². The molecule has 1 saturated heterocycles. The highest BCUT2D eigenvalue weighted by Gasteiger charge is 2.18. The van der Waals surface area contributed by atoms with Crippen LogP contribution in [-0.4, -0.2) is 59.3 Å². The molecule has 3 rings (SSSR count). The number of aliphatic carboxylic acids is 2. The molecule has 2 aromatic rings. The number of hydrogen-bond donors (Lipinski definition) is 2. The summed E-state index contributed by atoms with van der Waals surface area (Å²) in [6.07, 6.45) is 8.69. The summed E-state index contributed by atoms with van der Waals surface area (Å²) in [7, 11) is 3.41. The molecule has 0 atom stereocenters. The van der Waals surface area contributed by atoms with E-state index >= 15 is 0 Å². The highest BCUT2D eigenvalue weighted by atomic mass is 16.5. The molecule has 1 aliphatic heterocycles. The number of aryl methyl sites for hydroxylation is 1. The Kier molecular flexibility index (Phi) is 9.69. The van der Waals surface area contributed by atoms with E-state index in [0.717, 1.165) is 42.4 Å². The van der Waals surface area contributed by atoms with Gasteiger partial charge in [0, 0.05) is 23.9 Å². The second-order valence-corrected chi connectivity index (χ2v) is 7.50. The van der Waals surface area contributed by atoms with E-state index in [2.05, 4.69) is 47.2 Å². The van der Waals surface area contributed by atoms with Crippen molar-refractivity contribution in [2.45, 2.75) is 26.3 Å². The average Bonchev–Trinajstić information content (AvgIpc) is 2.79. The zero-order valence-corrected chi connectivity index (χ0v) is 18.7. The Hall–Kier alpha value is -3.39. The van der Waals surface area contributed by atoms with Crippen molar-refractivity contribution >= 4 is 18.0 Å². The molecular formula is C24H30N2O6. The summed E-state index contributed by atoms with van der Waals surface area (Å²) in [5, 5.41) is 14.8. The van der Waals surface area contributed by atoms with Crippen molar-refractivity contribution < 1.29 is 29.3 Å². The molecular weight excluding hydrogens is 412 g/mol. The van der Waals surface area contributed by atoms with Crippen molar-refractivity contribution in [2.75, 3.05) is 27.3 Å². The first-order valence-corrected chi connectivity index (χ1v) is 10.3. The van der Waals surface area contributed by atoms with Crippen LogP contribution in [0.4, 0.5) is 0 Å². The first-order chi connectivity index (χ1) is 15.3. The summed E-state index contributed by atoms with van der Waals surface area (Å²) in [5.74, 6) is -1.36. The van der Waals surface area contributed by atoms with Crippen LogP contribution in [-0.2, 0) is 16.1 Å². The number of methoxy groups -OCH3 is 2. The number of carboxylic acid groups (broad SMARTS) is 2. The van der Waals surface area contributed by atoms with E-state index in [0.29, 0.717) is 5.92 Å². The van der Waals surface area contributed by atoms with E-state index in [-0.39, 0.29) is 0 Å². The normalized spacial score (nSPS) is 14.5. The molecule has 1 fully saturated rings. The van der Waals surface area contributed by atoms with Gasteiger partial charge in [0.05, 0.1) is 14.2 Å². The van der Waals surface area contributed by atoms with Gasteiger partial charge in [0.15, 0.2) is 0 Å². The highest BCUT2D eigenvalue weighted by Crippen LogP contribution is 2.26. The van der Waals surface area contributed by atoms with Crippen molar-refractivity contribution in [1.82, 2.24) is 9.88 Å². The van der Waals surface area contributed by atoms with Crippen molar-refractivity contribution in [3.05, 3.63) is 59.3 Å². The van der Waals surface area contributed by atoms with Crippen molar-refractivity contribution in [1.29, 1.82) is 0 Å². The number of pyridine rings is 1. The van der Waals surface area contributed by atoms with Gasteiger partial charge in [0.2, 0.25) is 5.88 Å². The fraction of sp³-hybridized carbons (Fsp3) is 0.375. The topological polar surface area (TPSA) is 109 Å². The number of piperidine rings is 1. The Balaban J connectivity index is 0.000000534. The van der Waals surface area contributed by atoms with Crippen LogP contribution in [0, 0.1) is 12.8 Å². The number of hydrogen-bond acceptors (Lipinski definition) is 6. The van der Waals surface area contributed by atoms with Crippen LogP contribution in [0.25, 0.3) is 6.08 Å². The fourth-order valence-electron chi connectivity index (χ4n) is 3.50. The van der Waals surface area contributed by atoms with Gasteiger partial charge in [0.1, 0.15) is 5.75 Å². The summed E-state index contributed by atoms with van der Waals surface area (Å²) in [5.41, 5.74) is 3.58. The number of likely N-dealkylation sites (tertiary alicyclic amines) is 1. The molecule has 172 valence electrons. The van der Waals surface area contributed by atoms with Crippen LogP contribution in [0.5, 0.6) is 11.6 Å². The minimum absolute atomic E-state index is 0.618. The second-order valence-electron chi connectivity index (χ2n) is 7.50. The molecule has 1 aromatic heterocycles. The van der Waals surface area contributed by atoms with E-state index in [9.17, 15) is 0 Å². The van der Waals surface area contributed by atoms with Gasteiger partial charge in [-0.1, -0.05) is 29.8 Å². The number of aromatic nitrogens is 1. The van der Waals surface area contributed by atoms with E-state index in [1.807, 2.05) is 12.1 Å². The van der Waals surface area contributed by atoms with E-state index in [4.69, 9.17) is 29.3 Å². The maximum absolute atomic E-state index is 9.10. The standard InChI is InChI=1S/C22H28N2O2.C2H2O4/c1-17-6-9-21(25-2)19(15-17)8-7-18-10-13-24(14-11-18)16-20-5-4-12-23-22(20)26-3;3-1(4)2(5)6/h4-9,12,15,18H,10-11,13-14,16H2,1-3H3;(H,3,4)(H,5,6). The van der Waals surface area contributed by atoms with Crippen LogP contribution < -0.4 is 9.47 Å². The minimum atomic E-state index is -1.82. The number of nitrogens with zero attached hydrogens (tertiary/aromatic N) is 2. The smallest absolute Gasteiger partial charge is 0.414 e. The SMILES string of the molecule is COc1ccc(C)cc1C=CC1CCN(Cc2cccnc2OC)CC1.O=C(O)C(=O)O. The lowest BCUT2D eigenvalue weighted by Crippen LogP contribution is -2.32. The second kappa shape index (κ2) is 12.5. The van der Waals surface area contributed by atoms with Crippen LogP contribution in [0.1, 0.15) is 29.5 Å². The Morgan fingerprint density at radius 2 is 1.81 bits per heavy atom. The predicted octanol–water partition coefficient (Wildman–Crippen LogP) is 3.49. The molecule has 2 N–H and O–H groups in total. The summed E-state index contributed by atoms with van der Waals surface area (Å²) >= 11 is 0. The lowest BCUT2D eigenvalue weighted by atomic mass is 9.95. The molecule has 0 unspecified atom stereocenters. The quantitative estimate of drug-likeness (QED) is 0.655. The van der Waals surface area contributed by atoms with Gasteiger partial charge in [-0.2, -0.15) is 0 Å². The van der Waals surface area contributed by atoms with Gasteiger partial charge in [0.25, 0.3) is 0 Å². The molecule has 0 amide bonds. The molecule has 0 aliphatic carbocycles. The van der Waals surface area contributed by atoms with Gasteiger partial charge in [-0.25, -0.2) is 14.6 Å². The van der Waals surface area contributed by atoms with Gasteiger partial charge in [-0.3, -0.25) is 4.90 Å². The lowest BCUT2D eigenvalue weighted by Gasteiger charge is -2.30. The number of ether oxygens (including phenoxy) is 2. The first kappa shape index (κ1) is 24.9. The van der Waals surface area contributed by atoms with Crippen LogP contribution in [0.2, 0.25) is 0 Å². The number of allylic oxidation sites excluding steroid dienone is 1. The number of carboxylic acids is 2. The predicted molar refractivity (Wildman–Crippen MR) is 121 cm³/mol. The molecule has 2 heterocycles. The summed E-state index contributed by atoms with van der Waals surface area (Å²) < 4.78 is 10.8. The first-order valence-electron chi connectivity index (χ1n) is 10.3. The number of rotatable bonds is 6. The van der Waals surface area contributed by atoms with Crippen LogP contribution in [0.15, 0.2) is 42.6 Å². The Morgan fingerprint density at radius 3 is 2.41 bits per heavy atom. The molecule has 0 saturated carbocycles. The zero-order valence-electron chi connectivity index (χ0n) is 18.7. The zero-order chi connectivity index (χ0) is 23.5. The molecule has 32 heavy (non-hydrogen) atoms. The van der Waals surface area contributed by atoms with Gasteiger partial charge in [-0.15, -0.1) is 0 Å². The molecule has 8 nitrogen and oxygen atoms in total. The summed E-state index contributed by atoms with van der Waals surface area (Å²) in [4.78, 5) is 25.0. The Morgan fingerprint density at radius 1 is 1.12 bits per heavy atom. The van der Waals surface area contributed by atoms with Crippen LogP contribution in [0.3, 0.4) is 0 Å². The molecule has 1 aliphatic rings. The molecule has 1 aromatic carbocycles. The third-order valence-electron chi connectivity index (χ3n) is 5.19. The highest BCUT2D eigenvalue weighted by molar-refractivity contribution is 6.27. The van der Waals surface area contributed by atoms with Crippen LogP contribution >= 0.6 is 0 Å². The molecule has 8 heteroatoms. The number of carbonyl (C=O) groups is 2. The molecule has 0 radical (unpaired) electrons. The average molecular weight is 443 g/mol. The van der Waals surface area contributed by atoms with Crippen molar-refractivity contribution in [3.8, 4) is 11.6 Å². The van der Waals surface area contributed by atoms with Crippen molar-refractivity contribution in [2.24, 2.45) is 5.92 Å². The molecule has 0 bridgehead atoms. The minimum Gasteiger partial charge on any atom is -0.496 e. The van der Waals surface area contributed by atoms with E-state index in [1.54, 1.807) is 20.4 Å². The van der Waals surface area contributed by atoms with Gasteiger partial charge in [-0.05, 0) is 57.0 Å². The van der Waals surface area contributed by atoms with Gasteiger partial charge >= 0.3 is 11.9 Å². The van der Waals surface area contributed by atoms with Gasteiger partial charge < -0.3 is 19.7 Å².